The van der Waals surface area contributed by atoms with E-state index in [1.54, 1.807) is 24.4 Å². The molecule has 30 heavy (non-hydrogen) atoms. The minimum Gasteiger partial charge on any atom is -0.439 e. The van der Waals surface area contributed by atoms with Crippen LogP contribution in [-0.2, 0) is 11.3 Å². The largest absolute Gasteiger partial charge is 0.439 e. The zero-order valence-electron chi connectivity index (χ0n) is 16.6. The second kappa shape index (κ2) is 10.9. The van der Waals surface area contributed by atoms with Gasteiger partial charge < -0.3 is 15.8 Å². The monoisotopic (exact) mass is 455 g/mol. The summed E-state index contributed by atoms with van der Waals surface area (Å²) < 4.78 is 19.1. The number of benzene rings is 1. The van der Waals surface area contributed by atoms with E-state index in [9.17, 15) is 9.18 Å². The van der Waals surface area contributed by atoms with E-state index in [1.807, 2.05) is 6.07 Å². The molecule has 1 heterocycles. The minimum absolute atomic E-state index is 0. The van der Waals surface area contributed by atoms with E-state index in [1.165, 1.54) is 18.6 Å². The molecular weight excluding hydrogens is 428 g/mol. The molecule has 2 unspecified atom stereocenters. The number of aromatic nitrogens is 1. The predicted octanol–water partition coefficient (Wildman–Crippen LogP) is 4.63. The number of carbonyl (C=O) groups excluding carboxylic acids is 1. The fourth-order valence-corrected chi connectivity index (χ4v) is 4.62. The predicted molar refractivity (Wildman–Crippen MR) is 119 cm³/mol. The second-order valence-corrected chi connectivity index (χ2v) is 7.94. The number of rotatable bonds is 5. The summed E-state index contributed by atoms with van der Waals surface area (Å²) in [4.78, 5) is 17.0. The molecule has 1 aromatic heterocycles. The van der Waals surface area contributed by atoms with Gasteiger partial charge >= 0.3 is 0 Å². The van der Waals surface area contributed by atoms with Crippen LogP contribution in [0.5, 0.6) is 11.6 Å². The highest BCUT2D eigenvalue weighted by Crippen LogP contribution is 2.41. The number of hydrogen-bond acceptors (Lipinski definition) is 4. The highest BCUT2D eigenvalue weighted by Gasteiger charge is 2.40. The van der Waals surface area contributed by atoms with Crippen molar-refractivity contribution in [2.75, 3.05) is 0 Å². The van der Waals surface area contributed by atoms with Gasteiger partial charge in [0.15, 0.2) is 0 Å². The summed E-state index contributed by atoms with van der Waals surface area (Å²) >= 11 is 0. The van der Waals surface area contributed by atoms with Crippen molar-refractivity contribution in [2.24, 2.45) is 23.5 Å². The maximum atomic E-state index is 13.4. The zero-order valence-corrected chi connectivity index (χ0v) is 18.3. The van der Waals surface area contributed by atoms with Crippen LogP contribution in [0.4, 0.5) is 4.39 Å². The molecule has 1 aromatic carbocycles. The molecule has 5 nitrogen and oxygen atoms in total. The van der Waals surface area contributed by atoms with Gasteiger partial charge in [0.1, 0.15) is 11.6 Å². The summed E-state index contributed by atoms with van der Waals surface area (Å²) in [5.41, 5.74) is 7.09. The second-order valence-electron chi connectivity index (χ2n) is 7.94. The molecule has 3 N–H and O–H groups in total. The number of fused-ring (bicyclic) bond motifs is 2. The molecule has 1 amide bonds. The van der Waals surface area contributed by atoms with Crippen molar-refractivity contribution in [1.29, 1.82) is 0 Å². The summed E-state index contributed by atoms with van der Waals surface area (Å²) in [5, 5.41) is 3.04. The molecule has 2 aliphatic carbocycles. The molecule has 2 saturated carbocycles. The minimum atomic E-state index is -0.371. The van der Waals surface area contributed by atoms with E-state index in [-0.39, 0.29) is 48.5 Å². The van der Waals surface area contributed by atoms with Crippen LogP contribution in [0.3, 0.4) is 0 Å². The van der Waals surface area contributed by atoms with E-state index in [0.29, 0.717) is 30.0 Å². The molecule has 0 radical (unpaired) electrons. The quantitative estimate of drug-likeness (QED) is 0.688. The first kappa shape index (κ1) is 24.4. The molecule has 8 heteroatoms. The summed E-state index contributed by atoms with van der Waals surface area (Å²) in [5.74, 6) is 1.41. The third kappa shape index (κ3) is 5.62. The Morgan fingerprint density at radius 1 is 1.17 bits per heavy atom. The first-order chi connectivity index (χ1) is 13.6. The normalized spacial score (nSPS) is 24.7. The van der Waals surface area contributed by atoms with Gasteiger partial charge in [-0.25, -0.2) is 9.37 Å². The van der Waals surface area contributed by atoms with Gasteiger partial charge in [0.2, 0.25) is 11.8 Å². The van der Waals surface area contributed by atoms with Crippen LogP contribution < -0.4 is 15.8 Å². The van der Waals surface area contributed by atoms with Gasteiger partial charge in [0.25, 0.3) is 0 Å². The first-order valence-corrected chi connectivity index (χ1v) is 10.0. The van der Waals surface area contributed by atoms with Crippen molar-refractivity contribution in [3.8, 4) is 11.6 Å². The van der Waals surface area contributed by atoms with Crippen molar-refractivity contribution >= 4 is 30.7 Å². The van der Waals surface area contributed by atoms with Gasteiger partial charge in [0, 0.05) is 36.3 Å². The van der Waals surface area contributed by atoms with Gasteiger partial charge in [-0.1, -0.05) is 18.6 Å². The van der Waals surface area contributed by atoms with Crippen LogP contribution in [0, 0.1) is 23.6 Å². The van der Waals surface area contributed by atoms with Crippen molar-refractivity contribution < 1.29 is 13.9 Å². The standard InChI is InChI=1S/C22H26FN3O2.2ClH/c23-18-7-2-8-19(12-18)28-22-16(6-3-9-25-22)13-26-21(27)17-10-14-4-1-5-15(11-17)20(14)24;;/h2-3,6-9,12,14-15,17,20H,1,4-5,10-11,13,24H2,(H,26,27);2*1H. The maximum Gasteiger partial charge on any atom is 0.224 e. The lowest BCUT2D eigenvalue weighted by Gasteiger charge is -2.43. The summed E-state index contributed by atoms with van der Waals surface area (Å²) in [6, 6.07) is 9.82. The summed E-state index contributed by atoms with van der Waals surface area (Å²) in [7, 11) is 0. The van der Waals surface area contributed by atoms with Crippen molar-refractivity contribution in [3.63, 3.8) is 0 Å². The molecule has 0 saturated heterocycles. The van der Waals surface area contributed by atoms with Gasteiger partial charge in [-0.3, -0.25) is 4.79 Å². The average molecular weight is 456 g/mol. The van der Waals surface area contributed by atoms with E-state index in [2.05, 4.69) is 10.3 Å². The molecule has 2 aliphatic rings. The lowest BCUT2D eigenvalue weighted by molar-refractivity contribution is -0.128. The molecule has 2 fully saturated rings. The number of amides is 1. The maximum absolute atomic E-state index is 13.4. The van der Waals surface area contributed by atoms with Crippen molar-refractivity contribution in [1.82, 2.24) is 10.3 Å². The Kier molecular flexibility index (Phi) is 8.89. The Morgan fingerprint density at radius 3 is 2.60 bits per heavy atom. The average Bonchev–Trinajstić information content (AvgIpc) is 2.67. The molecule has 2 atom stereocenters. The molecule has 0 spiro atoms. The van der Waals surface area contributed by atoms with Crippen molar-refractivity contribution in [3.05, 3.63) is 54.0 Å². The van der Waals surface area contributed by atoms with Crippen LogP contribution in [0.15, 0.2) is 42.6 Å². The van der Waals surface area contributed by atoms with Gasteiger partial charge in [-0.15, -0.1) is 24.8 Å². The Labute approximate surface area is 188 Å². The molecular formula is C22H28Cl2FN3O2. The number of carbonyl (C=O) groups is 1. The highest BCUT2D eigenvalue weighted by atomic mass is 35.5. The van der Waals surface area contributed by atoms with Gasteiger partial charge in [-0.05, 0) is 55.7 Å². The van der Waals surface area contributed by atoms with Crippen molar-refractivity contribution in [2.45, 2.75) is 44.7 Å². The van der Waals surface area contributed by atoms with Crippen LogP contribution in [0.25, 0.3) is 0 Å². The summed E-state index contributed by atoms with van der Waals surface area (Å²) in [6.07, 6.45) is 6.87. The third-order valence-corrected chi connectivity index (χ3v) is 6.10. The third-order valence-electron chi connectivity index (χ3n) is 6.10. The Hall–Kier alpha value is -1.89. The number of nitrogens with two attached hydrogens (primary N) is 1. The van der Waals surface area contributed by atoms with E-state index >= 15 is 0 Å². The smallest absolute Gasteiger partial charge is 0.224 e. The lowest BCUT2D eigenvalue weighted by atomic mass is 9.65. The van der Waals surface area contributed by atoms with E-state index < -0.39 is 0 Å². The van der Waals surface area contributed by atoms with Crippen LogP contribution >= 0.6 is 24.8 Å². The number of nitrogens with zero attached hydrogens (tertiary/aromatic N) is 1. The topological polar surface area (TPSA) is 77.2 Å². The van der Waals surface area contributed by atoms with Gasteiger partial charge in [-0.2, -0.15) is 0 Å². The van der Waals surface area contributed by atoms with E-state index in [4.69, 9.17) is 10.5 Å². The SMILES string of the molecule is Cl.Cl.NC1C2CCCC1CC(C(=O)NCc1cccnc1Oc1cccc(F)c1)C2. The van der Waals surface area contributed by atoms with E-state index in [0.717, 1.165) is 31.2 Å². The molecule has 4 rings (SSSR count). The number of pyridine rings is 1. The molecule has 0 aliphatic heterocycles. The Bertz CT molecular complexity index is 841. The van der Waals surface area contributed by atoms with Gasteiger partial charge in [0.05, 0.1) is 0 Å². The Balaban J connectivity index is 0.00000160. The van der Waals surface area contributed by atoms with Crippen LogP contribution in [0.1, 0.15) is 37.7 Å². The zero-order chi connectivity index (χ0) is 19.5. The Morgan fingerprint density at radius 2 is 1.90 bits per heavy atom. The fourth-order valence-electron chi connectivity index (χ4n) is 4.62. The summed E-state index contributed by atoms with van der Waals surface area (Å²) in [6.45, 7) is 0.329. The molecule has 164 valence electrons. The number of halogens is 3. The van der Waals surface area contributed by atoms with Crippen LogP contribution in [0.2, 0.25) is 0 Å². The molecule has 2 aromatic rings. The number of nitrogens with one attached hydrogen (secondary N) is 1. The fraction of sp³-hybridized carbons (Fsp3) is 0.455. The molecule has 2 bridgehead atoms. The lowest BCUT2D eigenvalue weighted by Crippen LogP contribution is -2.49. The first-order valence-electron chi connectivity index (χ1n) is 10.0. The number of ether oxygens (including phenoxy) is 1. The highest BCUT2D eigenvalue weighted by molar-refractivity contribution is 5.85. The number of hydrogen-bond donors (Lipinski definition) is 2. The van der Waals surface area contributed by atoms with Crippen LogP contribution in [-0.4, -0.2) is 16.9 Å².